The largest absolute Gasteiger partial charge is 0.494 e. The van der Waals surface area contributed by atoms with Crippen LogP contribution in [0.4, 0.5) is 0 Å². The van der Waals surface area contributed by atoms with Crippen molar-refractivity contribution in [1.29, 1.82) is 10.8 Å². The molecule has 1 heterocycles. The summed E-state index contributed by atoms with van der Waals surface area (Å²) in [5, 5.41) is 19.1. The molecule has 0 aliphatic carbocycles. The smallest absolute Gasteiger partial charge is 0.119 e. The summed E-state index contributed by atoms with van der Waals surface area (Å²) >= 11 is 0. The highest BCUT2D eigenvalue weighted by Gasteiger charge is 2.25. The van der Waals surface area contributed by atoms with Gasteiger partial charge in [0.1, 0.15) is 5.75 Å². The Morgan fingerprint density at radius 2 is 2.18 bits per heavy atom. The first kappa shape index (κ1) is 11.8. The molecule has 3 N–H and O–H groups in total. The standard InChI is InChI=1S/C13H17N3O/c1-2-17-11-5-3-4-9(6-11)12(14)13(15)10-7-16-8-10/h3-6,10,14-16H,2,7-8H2,1H3. The van der Waals surface area contributed by atoms with E-state index in [-0.39, 0.29) is 5.92 Å². The van der Waals surface area contributed by atoms with Crippen molar-refractivity contribution in [3.05, 3.63) is 29.8 Å². The van der Waals surface area contributed by atoms with Crippen molar-refractivity contribution in [2.45, 2.75) is 6.92 Å². The topological polar surface area (TPSA) is 69.0 Å². The van der Waals surface area contributed by atoms with Crippen molar-refractivity contribution in [1.82, 2.24) is 5.32 Å². The predicted octanol–water partition coefficient (Wildman–Crippen LogP) is 1.69. The lowest BCUT2D eigenvalue weighted by Crippen LogP contribution is -2.48. The monoisotopic (exact) mass is 231 g/mol. The summed E-state index contributed by atoms with van der Waals surface area (Å²) < 4.78 is 5.40. The molecule has 90 valence electrons. The van der Waals surface area contributed by atoms with Crippen LogP contribution in [0, 0.1) is 16.7 Å². The molecule has 4 heteroatoms. The van der Waals surface area contributed by atoms with Gasteiger partial charge < -0.3 is 15.5 Å². The van der Waals surface area contributed by atoms with Crippen LogP contribution < -0.4 is 10.1 Å². The highest BCUT2D eigenvalue weighted by molar-refractivity contribution is 6.47. The van der Waals surface area contributed by atoms with Crippen molar-refractivity contribution in [3.63, 3.8) is 0 Å². The van der Waals surface area contributed by atoms with Crippen molar-refractivity contribution < 1.29 is 4.74 Å². The number of hydrogen-bond donors (Lipinski definition) is 3. The zero-order valence-electron chi connectivity index (χ0n) is 9.92. The normalized spacial score (nSPS) is 15.1. The van der Waals surface area contributed by atoms with Crippen molar-refractivity contribution in [2.75, 3.05) is 19.7 Å². The van der Waals surface area contributed by atoms with E-state index in [4.69, 9.17) is 15.6 Å². The fourth-order valence-electron chi connectivity index (χ4n) is 1.76. The number of ether oxygens (including phenoxy) is 1. The molecule has 4 nitrogen and oxygen atoms in total. The summed E-state index contributed by atoms with van der Waals surface area (Å²) in [6.07, 6.45) is 0. The lowest BCUT2D eigenvalue weighted by Gasteiger charge is -2.28. The molecule has 1 saturated heterocycles. The summed E-state index contributed by atoms with van der Waals surface area (Å²) in [5.74, 6) is 0.951. The van der Waals surface area contributed by atoms with E-state index in [0.717, 1.165) is 24.4 Å². The van der Waals surface area contributed by atoms with Gasteiger partial charge in [-0.15, -0.1) is 0 Å². The second kappa shape index (κ2) is 5.10. The Balaban J connectivity index is 2.12. The molecule has 0 aromatic heterocycles. The maximum absolute atomic E-state index is 8.02. The van der Waals surface area contributed by atoms with Crippen LogP contribution in [0.5, 0.6) is 5.75 Å². The van der Waals surface area contributed by atoms with Crippen LogP contribution in [0.25, 0.3) is 0 Å². The van der Waals surface area contributed by atoms with E-state index in [1.807, 2.05) is 31.2 Å². The van der Waals surface area contributed by atoms with Gasteiger partial charge in [-0.05, 0) is 19.1 Å². The Kier molecular flexibility index (Phi) is 3.54. The first-order valence-electron chi connectivity index (χ1n) is 5.83. The van der Waals surface area contributed by atoms with Crippen LogP contribution in [0.1, 0.15) is 12.5 Å². The first-order valence-corrected chi connectivity index (χ1v) is 5.83. The van der Waals surface area contributed by atoms with Gasteiger partial charge in [0.2, 0.25) is 0 Å². The van der Waals surface area contributed by atoms with Crippen LogP contribution in [-0.2, 0) is 0 Å². The minimum absolute atomic E-state index is 0.193. The molecule has 0 amide bonds. The van der Waals surface area contributed by atoms with Gasteiger partial charge in [-0.1, -0.05) is 12.1 Å². The molecule has 1 aromatic carbocycles. The minimum atomic E-state index is 0.193. The fourth-order valence-corrected chi connectivity index (χ4v) is 1.76. The lowest BCUT2D eigenvalue weighted by molar-refractivity contribution is 0.340. The quantitative estimate of drug-likeness (QED) is 0.675. The van der Waals surface area contributed by atoms with E-state index in [9.17, 15) is 0 Å². The summed E-state index contributed by atoms with van der Waals surface area (Å²) in [6.45, 7) is 4.17. The maximum atomic E-state index is 8.02. The molecule has 0 spiro atoms. The molecule has 1 aromatic rings. The Hall–Kier alpha value is -1.68. The van der Waals surface area contributed by atoms with Gasteiger partial charge in [0.15, 0.2) is 0 Å². The molecular weight excluding hydrogens is 214 g/mol. The summed E-state index contributed by atoms with van der Waals surface area (Å²) in [4.78, 5) is 0. The van der Waals surface area contributed by atoms with Gasteiger partial charge in [0.25, 0.3) is 0 Å². The Labute approximate surface area is 101 Å². The van der Waals surface area contributed by atoms with Crippen LogP contribution in [0.3, 0.4) is 0 Å². The fraction of sp³-hybridized carbons (Fsp3) is 0.385. The van der Waals surface area contributed by atoms with Crippen molar-refractivity contribution in [3.8, 4) is 5.75 Å². The molecule has 0 unspecified atom stereocenters. The molecular formula is C13H17N3O. The average Bonchev–Trinajstić information content (AvgIpc) is 2.26. The van der Waals surface area contributed by atoms with Crippen LogP contribution in [0.2, 0.25) is 0 Å². The van der Waals surface area contributed by atoms with Gasteiger partial charge in [0, 0.05) is 24.6 Å². The highest BCUT2D eigenvalue weighted by Crippen LogP contribution is 2.16. The van der Waals surface area contributed by atoms with E-state index in [1.54, 1.807) is 0 Å². The molecule has 0 bridgehead atoms. The molecule has 0 atom stereocenters. The second-order valence-corrected chi connectivity index (χ2v) is 4.10. The zero-order valence-corrected chi connectivity index (χ0v) is 9.92. The van der Waals surface area contributed by atoms with E-state index in [1.165, 1.54) is 0 Å². The Morgan fingerprint density at radius 1 is 1.41 bits per heavy atom. The van der Waals surface area contributed by atoms with Crippen molar-refractivity contribution >= 4 is 11.4 Å². The minimum Gasteiger partial charge on any atom is -0.494 e. The number of benzene rings is 1. The van der Waals surface area contributed by atoms with E-state index in [2.05, 4.69) is 5.32 Å². The second-order valence-electron chi connectivity index (χ2n) is 4.10. The summed E-state index contributed by atoms with van der Waals surface area (Å²) in [5.41, 5.74) is 1.48. The van der Waals surface area contributed by atoms with E-state index in [0.29, 0.717) is 18.0 Å². The molecule has 0 saturated carbocycles. The van der Waals surface area contributed by atoms with Crippen molar-refractivity contribution in [2.24, 2.45) is 5.92 Å². The number of rotatable bonds is 5. The molecule has 0 radical (unpaired) electrons. The van der Waals surface area contributed by atoms with Crippen LogP contribution in [-0.4, -0.2) is 31.1 Å². The van der Waals surface area contributed by atoms with Crippen LogP contribution >= 0.6 is 0 Å². The summed E-state index contributed by atoms with van der Waals surface area (Å²) in [7, 11) is 0. The molecule has 1 aliphatic rings. The zero-order chi connectivity index (χ0) is 12.3. The van der Waals surface area contributed by atoms with Gasteiger partial charge in [-0.25, -0.2) is 0 Å². The first-order chi connectivity index (χ1) is 8.22. The third kappa shape index (κ3) is 2.53. The highest BCUT2D eigenvalue weighted by atomic mass is 16.5. The maximum Gasteiger partial charge on any atom is 0.119 e. The molecule has 17 heavy (non-hydrogen) atoms. The molecule has 2 rings (SSSR count). The van der Waals surface area contributed by atoms with Gasteiger partial charge in [0.05, 0.1) is 18.0 Å². The van der Waals surface area contributed by atoms with Crippen LogP contribution in [0.15, 0.2) is 24.3 Å². The average molecular weight is 231 g/mol. The third-order valence-electron chi connectivity index (χ3n) is 2.89. The number of nitrogens with one attached hydrogen (secondary N) is 3. The Morgan fingerprint density at radius 3 is 2.76 bits per heavy atom. The molecule has 1 fully saturated rings. The van der Waals surface area contributed by atoms with E-state index >= 15 is 0 Å². The SMILES string of the molecule is CCOc1cccc(C(=N)C(=N)C2CNC2)c1. The van der Waals surface area contributed by atoms with Gasteiger partial charge in [-0.2, -0.15) is 0 Å². The third-order valence-corrected chi connectivity index (χ3v) is 2.89. The van der Waals surface area contributed by atoms with E-state index < -0.39 is 0 Å². The van der Waals surface area contributed by atoms with Gasteiger partial charge in [-0.3, -0.25) is 5.41 Å². The predicted molar refractivity (Wildman–Crippen MR) is 68.5 cm³/mol. The number of hydrogen-bond acceptors (Lipinski definition) is 4. The Bertz CT molecular complexity index is 438. The van der Waals surface area contributed by atoms with Gasteiger partial charge >= 0.3 is 0 Å². The summed E-state index contributed by atoms with van der Waals surface area (Å²) in [6, 6.07) is 7.41. The molecule has 1 aliphatic heterocycles. The lowest BCUT2D eigenvalue weighted by atomic mass is 9.91.